The maximum Gasteiger partial charge on any atom is 0.0831 e. The highest BCUT2D eigenvalue weighted by Crippen LogP contribution is 2.59. The Hall–Kier alpha value is -0.860. The van der Waals surface area contributed by atoms with E-state index in [0.29, 0.717) is 17.8 Å². The number of ether oxygens (including phenoxy) is 2. The molecule has 4 bridgehead atoms. The first-order chi connectivity index (χ1) is 9.02. The van der Waals surface area contributed by atoms with Crippen LogP contribution in [0.25, 0.3) is 0 Å². The van der Waals surface area contributed by atoms with Crippen LogP contribution >= 0.6 is 0 Å². The van der Waals surface area contributed by atoms with Gasteiger partial charge in [0.05, 0.1) is 24.4 Å². The SMILES string of the molecule is C=CC1OC[C@@H]2CC(=C(C)C)[C@H]3[C@@H](C=C)O[C@]2(C)[C@@H]13. The van der Waals surface area contributed by atoms with Crippen molar-refractivity contribution in [1.29, 1.82) is 0 Å². The van der Waals surface area contributed by atoms with Crippen molar-refractivity contribution in [3.8, 4) is 0 Å². The topological polar surface area (TPSA) is 18.5 Å². The van der Waals surface area contributed by atoms with E-state index in [1.807, 2.05) is 12.2 Å². The molecule has 1 aliphatic carbocycles. The molecule has 0 aromatic heterocycles. The fourth-order valence-electron chi connectivity index (χ4n) is 4.43. The van der Waals surface area contributed by atoms with E-state index in [0.717, 1.165) is 13.0 Å². The molecule has 6 atom stereocenters. The van der Waals surface area contributed by atoms with Crippen LogP contribution in [-0.4, -0.2) is 24.4 Å². The highest BCUT2D eigenvalue weighted by Gasteiger charge is 2.63. The predicted molar refractivity (Wildman–Crippen MR) is 76.9 cm³/mol. The van der Waals surface area contributed by atoms with Gasteiger partial charge in [0.25, 0.3) is 0 Å². The molecule has 3 rings (SSSR count). The molecule has 0 spiro atoms. The lowest BCUT2D eigenvalue weighted by Gasteiger charge is -2.51. The molecule has 1 unspecified atom stereocenters. The van der Waals surface area contributed by atoms with Crippen LogP contribution in [0.4, 0.5) is 0 Å². The lowest BCUT2D eigenvalue weighted by molar-refractivity contribution is -0.165. The van der Waals surface area contributed by atoms with Gasteiger partial charge in [-0.3, -0.25) is 0 Å². The molecule has 0 N–H and O–H groups in total. The molecule has 0 amide bonds. The Balaban J connectivity index is 2.13. The largest absolute Gasteiger partial charge is 0.373 e. The van der Waals surface area contributed by atoms with Gasteiger partial charge in [-0.05, 0) is 27.2 Å². The lowest BCUT2D eigenvalue weighted by atomic mass is 9.59. The summed E-state index contributed by atoms with van der Waals surface area (Å²) in [5.74, 6) is 1.25. The average Bonchev–Trinajstić information content (AvgIpc) is 2.59. The molecule has 0 aromatic rings. The first-order valence-corrected chi connectivity index (χ1v) is 7.23. The summed E-state index contributed by atoms with van der Waals surface area (Å²) >= 11 is 0. The van der Waals surface area contributed by atoms with Crippen molar-refractivity contribution < 1.29 is 9.47 Å². The number of rotatable bonds is 2. The molecular weight excluding hydrogens is 236 g/mol. The van der Waals surface area contributed by atoms with Crippen LogP contribution in [0, 0.1) is 17.8 Å². The molecule has 2 aliphatic heterocycles. The van der Waals surface area contributed by atoms with Crippen molar-refractivity contribution in [3.63, 3.8) is 0 Å². The van der Waals surface area contributed by atoms with Gasteiger partial charge in [-0.25, -0.2) is 0 Å². The third kappa shape index (κ3) is 1.63. The molecule has 3 aliphatic rings. The van der Waals surface area contributed by atoms with E-state index in [-0.39, 0.29) is 17.8 Å². The van der Waals surface area contributed by atoms with E-state index in [1.165, 1.54) is 5.57 Å². The van der Waals surface area contributed by atoms with Crippen molar-refractivity contribution >= 4 is 0 Å². The third-order valence-electron chi connectivity index (χ3n) is 5.42. The summed E-state index contributed by atoms with van der Waals surface area (Å²) < 4.78 is 12.4. The van der Waals surface area contributed by atoms with E-state index in [9.17, 15) is 0 Å². The van der Waals surface area contributed by atoms with Gasteiger partial charge in [0.15, 0.2) is 0 Å². The summed E-state index contributed by atoms with van der Waals surface area (Å²) in [6.45, 7) is 15.4. The van der Waals surface area contributed by atoms with Crippen LogP contribution in [0.2, 0.25) is 0 Å². The minimum Gasteiger partial charge on any atom is -0.373 e. The Morgan fingerprint density at radius 2 is 1.95 bits per heavy atom. The zero-order valence-corrected chi connectivity index (χ0v) is 12.2. The van der Waals surface area contributed by atoms with Crippen LogP contribution in [0.5, 0.6) is 0 Å². The Morgan fingerprint density at radius 1 is 1.26 bits per heavy atom. The fraction of sp³-hybridized carbons (Fsp3) is 0.647. The molecule has 2 nitrogen and oxygen atoms in total. The maximum absolute atomic E-state index is 6.42. The van der Waals surface area contributed by atoms with Gasteiger partial charge in [-0.1, -0.05) is 23.3 Å². The van der Waals surface area contributed by atoms with E-state index >= 15 is 0 Å². The number of hydrogen-bond acceptors (Lipinski definition) is 2. The van der Waals surface area contributed by atoms with E-state index < -0.39 is 0 Å². The van der Waals surface area contributed by atoms with Crippen LogP contribution in [0.1, 0.15) is 27.2 Å². The van der Waals surface area contributed by atoms with Crippen LogP contribution in [0.3, 0.4) is 0 Å². The van der Waals surface area contributed by atoms with Crippen LogP contribution in [-0.2, 0) is 9.47 Å². The number of allylic oxidation sites excluding steroid dienone is 1. The molecular formula is C17H24O2. The highest BCUT2D eigenvalue weighted by molar-refractivity contribution is 5.31. The van der Waals surface area contributed by atoms with E-state index in [1.54, 1.807) is 5.57 Å². The Bertz CT molecular complexity index is 446. The Morgan fingerprint density at radius 3 is 2.53 bits per heavy atom. The van der Waals surface area contributed by atoms with Crippen molar-refractivity contribution in [1.82, 2.24) is 0 Å². The minimum atomic E-state index is -0.0837. The summed E-state index contributed by atoms with van der Waals surface area (Å²) in [6.07, 6.45) is 5.25. The normalized spacial score (nSPS) is 47.9. The van der Waals surface area contributed by atoms with Crippen LogP contribution in [0.15, 0.2) is 36.5 Å². The third-order valence-corrected chi connectivity index (χ3v) is 5.42. The first kappa shape index (κ1) is 13.1. The summed E-state index contributed by atoms with van der Waals surface area (Å²) in [5, 5.41) is 0. The molecule has 104 valence electrons. The Labute approximate surface area is 116 Å². The second-order valence-electron chi connectivity index (χ2n) is 6.51. The lowest BCUT2D eigenvalue weighted by Crippen LogP contribution is -2.56. The molecule has 2 heteroatoms. The van der Waals surface area contributed by atoms with E-state index in [4.69, 9.17) is 9.47 Å². The molecule has 3 fully saturated rings. The van der Waals surface area contributed by atoms with Gasteiger partial charge in [-0.2, -0.15) is 0 Å². The average molecular weight is 260 g/mol. The van der Waals surface area contributed by atoms with Crippen molar-refractivity contribution in [3.05, 3.63) is 36.5 Å². The maximum atomic E-state index is 6.42. The van der Waals surface area contributed by atoms with E-state index in [2.05, 4.69) is 33.9 Å². The fourth-order valence-corrected chi connectivity index (χ4v) is 4.43. The summed E-state index contributed by atoms with van der Waals surface area (Å²) in [7, 11) is 0. The van der Waals surface area contributed by atoms with Gasteiger partial charge in [0, 0.05) is 17.8 Å². The minimum absolute atomic E-state index is 0.0837. The summed E-state index contributed by atoms with van der Waals surface area (Å²) in [5.41, 5.74) is 2.91. The molecule has 2 saturated heterocycles. The molecule has 0 aromatic carbocycles. The first-order valence-electron chi connectivity index (χ1n) is 7.23. The quantitative estimate of drug-likeness (QED) is 0.707. The van der Waals surface area contributed by atoms with Crippen LogP contribution < -0.4 is 0 Å². The number of hydrogen-bond donors (Lipinski definition) is 0. The molecule has 19 heavy (non-hydrogen) atoms. The predicted octanol–water partition coefficient (Wildman–Crippen LogP) is 3.50. The Kier molecular flexibility index (Phi) is 2.99. The smallest absolute Gasteiger partial charge is 0.0831 e. The van der Waals surface area contributed by atoms with Gasteiger partial charge < -0.3 is 9.47 Å². The highest BCUT2D eigenvalue weighted by atomic mass is 16.5. The zero-order chi connectivity index (χ0) is 13.8. The van der Waals surface area contributed by atoms with Crippen molar-refractivity contribution in [2.24, 2.45) is 17.8 Å². The molecule has 0 radical (unpaired) electrons. The van der Waals surface area contributed by atoms with Gasteiger partial charge in [0.2, 0.25) is 0 Å². The van der Waals surface area contributed by atoms with Gasteiger partial charge >= 0.3 is 0 Å². The second-order valence-corrected chi connectivity index (χ2v) is 6.51. The van der Waals surface area contributed by atoms with Gasteiger partial charge in [0.1, 0.15) is 0 Å². The summed E-state index contributed by atoms with van der Waals surface area (Å²) in [6, 6.07) is 0. The van der Waals surface area contributed by atoms with Gasteiger partial charge in [-0.15, -0.1) is 13.2 Å². The second kappa shape index (κ2) is 4.32. The molecule has 1 saturated carbocycles. The zero-order valence-electron chi connectivity index (χ0n) is 12.2. The standard InChI is InChI=1S/C17H24O2/c1-6-13-15-12(10(3)4)8-11-9-18-14(7-2)16(15)17(11,5)19-13/h6-7,11,13-16H,1-2,8-9H2,3-5H3/t11-,13+,14?,15-,16-,17-/m0/s1. The monoisotopic (exact) mass is 260 g/mol. The summed E-state index contributed by atoms with van der Waals surface area (Å²) in [4.78, 5) is 0. The van der Waals surface area contributed by atoms with Crippen molar-refractivity contribution in [2.45, 2.75) is 45.0 Å². The van der Waals surface area contributed by atoms with Crippen molar-refractivity contribution in [2.75, 3.05) is 6.61 Å². The molecule has 2 heterocycles.